The number of carbonyl (C=O) groups excluding carboxylic acids is 1. The minimum absolute atomic E-state index is 0.193. The molecule has 30 heavy (non-hydrogen) atoms. The van der Waals surface area contributed by atoms with Gasteiger partial charge in [0.1, 0.15) is 17.5 Å². The second-order valence-electron chi connectivity index (χ2n) is 6.38. The van der Waals surface area contributed by atoms with Crippen molar-refractivity contribution in [2.24, 2.45) is 0 Å². The van der Waals surface area contributed by atoms with Crippen LogP contribution in [0.5, 0.6) is 0 Å². The molecule has 2 N–H and O–H groups in total. The minimum Gasteiger partial charge on any atom is -0.399 e. The summed E-state index contributed by atoms with van der Waals surface area (Å²) in [5.74, 6) is -3.12. The van der Waals surface area contributed by atoms with E-state index in [1.54, 1.807) is 12.1 Å². The normalized spacial score (nSPS) is 13.9. The Balaban J connectivity index is 1.43. The number of amides is 1. The van der Waals surface area contributed by atoms with Gasteiger partial charge in [-0.3, -0.25) is 4.79 Å². The molecule has 2 aromatic carbocycles. The highest BCUT2D eigenvalue weighted by Gasteiger charge is 2.19. The van der Waals surface area contributed by atoms with Gasteiger partial charge in [0.05, 0.1) is 24.6 Å². The van der Waals surface area contributed by atoms with Gasteiger partial charge in [0.2, 0.25) is 0 Å². The Labute approximate surface area is 168 Å². The van der Waals surface area contributed by atoms with E-state index < -0.39 is 29.2 Å². The van der Waals surface area contributed by atoms with Gasteiger partial charge < -0.3 is 24.7 Å². The van der Waals surface area contributed by atoms with Crippen LogP contribution in [0.4, 0.5) is 36.2 Å². The van der Waals surface area contributed by atoms with E-state index in [-0.39, 0.29) is 17.4 Å². The standard InChI is InChI=1S/C19H16F3N5O3/c20-11-1-3-13(21)15(9-11)24-19-26-25-18(30-19)17(28)23-12-2-4-16(14(22)10-12)27-5-7-29-8-6-27/h1-4,9-10H,5-8H2,(H,23,28)(H,24,26). The number of nitrogens with one attached hydrogen (secondary N) is 2. The molecule has 0 saturated carbocycles. The molecule has 4 rings (SSSR count). The average Bonchev–Trinajstić information content (AvgIpc) is 3.20. The summed E-state index contributed by atoms with van der Waals surface area (Å²) in [6.45, 7) is 2.19. The number of hydrogen-bond acceptors (Lipinski definition) is 7. The molecular weight excluding hydrogens is 403 g/mol. The summed E-state index contributed by atoms with van der Waals surface area (Å²) in [4.78, 5) is 14.1. The minimum atomic E-state index is -0.784. The lowest BCUT2D eigenvalue weighted by atomic mass is 10.2. The van der Waals surface area contributed by atoms with Crippen molar-refractivity contribution in [3.8, 4) is 0 Å². The summed E-state index contributed by atoms with van der Waals surface area (Å²) < 4.78 is 51.7. The summed E-state index contributed by atoms with van der Waals surface area (Å²) in [5.41, 5.74) is 0.377. The fourth-order valence-electron chi connectivity index (χ4n) is 2.90. The Morgan fingerprint density at radius 3 is 2.57 bits per heavy atom. The van der Waals surface area contributed by atoms with E-state index in [0.29, 0.717) is 32.0 Å². The van der Waals surface area contributed by atoms with Crippen LogP contribution in [-0.4, -0.2) is 42.4 Å². The number of aromatic nitrogens is 2. The molecule has 1 aliphatic heterocycles. The van der Waals surface area contributed by atoms with E-state index in [1.165, 1.54) is 6.07 Å². The van der Waals surface area contributed by atoms with Gasteiger partial charge in [0, 0.05) is 24.8 Å². The number of rotatable bonds is 5. The summed E-state index contributed by atoms with van der Waals surface area (Å²) in [6.07, 6.45) is 0. The summed E-state index contributed by atoms with van der Waals surface area (Å²) in [6, 6.07) is 6.76. The molecule has 2 heterocycles. The van der Waals surface area contributed by atoms with Crippen LogP contribution in [0.25, 0.3) is 0 Å². The van der Waals surface area contributed by atoms with Crippen LogP contribution in [0.1, 0.15) is 10.7 Å². The molecule has 1 aliphatic rings. The van der Waals surface area contributed by atoms with Crippen LogP contribution in [0.15, 0.2) is 40.8 Å². The first kappa shape index (κ1) is 19.7. The van der Waals surface area contributed by atoms with E-state index >= 15 is 0 Å². The maximum absolute atomic E-state index is 14.4. The van der Waals surface area contributed by atoms with E-state index in [4.69, 9.17) is 9.15 Å². The maximum atomic E-state index is 14.4. The molecule has 3 aromatic rings. The van der Waals surface area contributed by atoms with Crippen LogP contribution in [0.3, 0.4) is 0 Å². The molecule has 1 saturated heterocycles. The zero-order chi connectivity index (χ0) is 21.1. The zero-order valence-corrected chi connectivity index (χ0v) is 15.5. The highest BCUT2D eigenvalue weighted by atomic mass is 19.1. The van der Waals surface area contributed by atoms with Gasteiger partial charge in [-0.2, -0.15) is 0 Å². The average molecular weight is 419 g/mol. The SMILES string of the molecule is O=C(Nc1ccc(N2CCOCC2)c(F)c1)c1nnc(Nc2cc(F)ccc2F)o1. The van der Waals surface area contributed by atoms with Gasteiger partial charge in [-0.25, -0.2) is 13.2 Å². The molecule has 1 aromatic heterocycles. The van der Waals surface area contributed by atoms with E-state index in [2.05, 4.69) is 20.8 Å². The lowest BCUT2D eigenvalue weighted by Gasteiger charge is -2.29. The third kappa shape index (κ3) is 4.35. The van der Waals surface area contributed by atoms with E-state index in [9.17, 15) is 18.0 Å². The second-order valence-corrected chi connectivity index (χ2v) is 6.38. The predicted molar refractivity (Wildman–Crippen MR) is 101 cm³/mol. The molecule has 11 heteroatoms. The largest absolute Gasteiger partial charge is 0.399 e. The van der Waals surface area contributed by atoms with Crippen molar-refractivity contribution in [1.29, 1.82) is 0 Å². The van der Waals surface area contributed by atoms with Crippen molar-refractivity contribution in [3.05, 3.63) is 59.7 Å². The topological polar surface area (TPSA) is 92.5 Å². The summed E-state index contributed by atoms with van der Waals surface area (Å²) in [7, 11) is 0. The highest BCUT2D eigenvalue weighted by Crippen LogP contribution is 2.24. The van der Waals surface area contributed by atoms with Crippen molar-refractivity contribution < 1.29 is 27.1 Å². The Morgan fingerprint density at radius 2 is 1.80 bits per heavy atom. The number of ether oxygens (including phenoxy) is 1. The summed E-state index contributed by atoms with van der Waals surface area (Å²) >= 11 is 0. The van der Waals surface area contributed by atoms with Crippen LogP contribution in [-0.2, 0) is 4.74 Å². The Kier molecular flexibility index (Phi) is 5.53. The smallest absolute Gasteiger partial charge is 0.320 e. The van der Waals surface area contributed by atoms with Crippen LogP contribution in [0, 0.1) is 17.5 Å². The van der Waals surface area contributed by atoms with Gasteiger partial charge in [-0.05, 0) is 30.3 Å². The molecule has 0 bridgehead atoms. The van der Waals surface area contributed by atoms with Crippen molar-refractivity contribution >= 4 is 29.0 Å². The fraction of sp³-hybridized carbons (Fsp3) is 0.211. The van der Waals surface area contributed by atoms with Crippen LogP contribution < -0.4 is 15.5 Å². The third-order valence-corrected chi connectivity index (χ3v) is 4.35. The van der Waals surface area contributed by atoms with Gasteiger partial charge in [-0.1, -0.05) is 5.10 Å². The summed E-state index contributed by atoms with van der Waals surface area (Å²) in [5, 5.41) is 12.0. The van der Waals surface area contributed by atoms with Gasteiger partial charge in [0.15, 0.2) is 0 Å². The van der Waals surface area contributed by atoms with Crippen molar-refractivity contribution in [2.75, 3.05) is 41.8 Å². The fourth-order valence-corrected chi connectivity index (χ4v) is 2.90. The van der Waals surface area contributed by atoms with Gasteiger partial charge >= 0.3 is 17.8 Å². The molecule has 0 aliphatic carbocycles. The Hall–Kier alpha value is -3.60. The van der Waals surface area contributed by atoms with Crippen LogP contribution >= 0.6 is 0 Å². The number of halogens is 3. The van der Waals surface area contributed by atoms with Gasteiger partial charge in [0.25, 0.3) is 0 Å². The molecule has 0 radical (unpaired) electrons. The second kappa shape index (κ2) is 8.41. The maximum Gasteiger partial charge on any atom is 0.320 e. The Morgan fingerprint density at radius 1 is 1.00 bits per heavy atom. The van der Waals surface area contributed by atoms with E-state index in [0.717, 1.165) is 18.2 Å². The molecule has 0 unspecified atom stereocenters. The Bertz CT molecular complexity index is 1070. The molecule has 8 nitrogen and oxygen atoms in total. The third-order valence-electron chi connectivity index (χ3n) is 4.35. The van der Waals surface area contributed by atoms with Crippen molar-refractivity contribution in [2.45, 2.75) is 0 Å². The van der Waals surface area contributed by atoms with Crippen molar-refractivity contribution in [1.82, 2.24) is 10.2 Å². The monoisotopic (exact) mass is 419 g/mol. The van der Waals surface area contributed by atoms with Crippen LogP contribution in [0.2, 0.25) is 0 Å². The number of anilines is 4. The molecule has 0 spiro atoms. The van der Waals surface area contributed by atoms with Gasteiger partial charge in [-0.15, -0.1) is 5.10 Å². The predicted octanol–water partition coefficient (Wildman–Crippen LogP) is 3.32. The zero-order valence-electron chi connectivity index (χ0n) is 15.5. The number of carbonyl (C=O) groups is 1. The first-order valence-electron chi connectivity index (χ1n) is 8.99. The molecule has 0 atom stereocenters. The lowest BCUT2D eigenvalue weighted by molar-refractivity contribution is 0.0991. The molecule has 1 fully saturated rings. The quantitative estimate of drug-likeness (QED) is 0.655. The van der Waals surface area contributed by atoms with E-state index in [1.807, 2.05) is 4.90 Å². The molecule has 1 amide bonds. The highest BCUT2D eigenvalue weighted by molar-refractivity contribution is 6.01. The number of hydrogen-bond donors (Lipinski definition) is 2. The molecular formula is C19H16F3N5O3. The first-order chi connectivity index (χ1) is 14.5. The lowest BCUT2D eigenvalue weighted by Crippen LogP contribution is -2.36. The number of benzene rings is 2. The van der Waals surface area contributed by atoms with Crippen molar-refractivity contribution in [3.63, 3.8) is 0 Å². The first-order valence-corrected chi connectivity index (χ1v) is 8.99. The number of morpholine rings is 1. The molecule has 156 valence electrons. The number of nitrogens with zero attached hydrogens (tertiary/aromatic N) is 3.